The van der Waals surface area contributed by atoms with Gasteiger partial charge in [-0.05, 0) is 37.1 Å². The number of hydrogen-bond acceptors (Lipinski definition) is 4. The minimum atomic E-state index is -2.06. The Morgan fingerprint density at radius 2 is 2.11 bits per heavy atom. The highest BCUT2D eigenvalue weighted by atomic mass is 32.2. The number of nitrogens with zero attached hydrogens (tertiary/aromatic N) is 1. The Morgan fingerprint density at radius 3 is 2.61 bits per heavy atom. The van der Waals surface area contributed by atoms with Crippen molar-refractivity contribution in [2.75, 3.05) is 17.0 Å². The molecule has 2 N–H and O–H groups in total. The molecule has 7 heteroatoms. The minimum Gasteiger partial charge on any atom is -0.433 e. The van der Waals surface area contributed by atoms with Crippen LogP contribution in [0.3, 0.4) is 0 Å². The fourth-order valence-electron chi connectivity index (χ4n) is 1.74. The van der Waals surface area contributed by atoms with E-state index in [4.69, 9.17) is 9.29 Å². The average molecular weight is 286 g/mol. The fourth-order valence-corrected chi connectivity index (χ4v) is 2.74. The summed E-state index contributed by atoms with van der Waals surface area (Å²) in [5, 5.41) is 0.688. The molecule has 1 aromatic carbocycles. The summed E-state index contributed by atoms with van der Waals surface area (Å²) < 4.78 is 27.7. The van der Waals surface area contributed by atoms with Gasteiger partial charge in [-0.3, -0.25) is 9.27 Å². The fraction of sp³-hybridized carbons (Fsp3) is 0.364. The summed E-state index contributed by atoms with van der Waals surface area (Å²) in [4.78, 5) is 4.24. The zero-order valence-electron chi connectivity index (χ0n) is 10.1. The van der Waals surface area contributed by atoms with Crippen molar-refractivity contribution in [3.05, 3.63) is 23.3 Å². The van der Waals surface area contributed by atoms with Crippen LogP contribution >= 0.6 is 11.8 Å². The number of thioether (sulfide) groups is 1. The van der Waals surface area contributed by atoms with Gasteiger partial charge >= 0.3 is 0 Å². The van der Waals surface area contributed by atoms with Crippen LogP contribution in [0.25, 0.3) is 0 Å². The van der Waals surface area contributed by atoms with Crippen LogP contribution in [0.2, 0.25) is 0 Å². The first-order valence-corrected chi connectivity index (χ1v) is 7.49. The van der Waals surface area contributed by atoms with Gasteiger partial charge in [0.2, 0.25) is 0 Å². The lowest BCUT2D eigenvalue weighted by Crippen LogP contribution is -2.06. The molecule has 0 fully saturated rings. The second-order valence-corrected chi connectivity index (χ2v) is 5.64. The van der Waals surface area contributed by atoms with Crippen LogP contribution < -0.4 is 9.46 Å². The Hall–Kier alpha value is -1.05. The van der Waals surface area contributed by atoms with Crippen molar-refractivity contribution in [1.29, 1.82) is 0 Å². The van der Waals surface area contributed by atoms with Crippen LogP contribution in [0.5, 0.6) is 5.75 Å². The lowest BCUT2D eigenvalue weighted by atomic mass is 10.1. The van der Waals surface area contributed by atoms with E-state index in [1.807, 2.05) is 13.8 Å². The number of benzene rings is 1. The van der Waals surface area contributed by atoms with Gasteiger partial charge in [0.15, 0.2) is 0 Å². The smallest absolute Gasteiger partial charge is 0.259 e. The Balaban J connectivity index is 2.23. The van der Waals surface area contributed by atoms with Crippen molar-refractivity contribution in [2.24, 2.45) is 4.99 Å². The Bertz CT molecular complexity index is 494. The van der Waals surface area contributed by atoms with Crippen molar-refractivity contribution in [3.63, 3.8) is 0 Å². The van der Waals surface area contributed by atoms with E-state index in [1.165, 1.54) is 0 Å². The topological polar surface area (TPSA) is 70.9 Å². The first-order valence-electron chi connectivity index (χ1n) is 5.40. The third-order valence-electron chi connectivity index (χ3n) is 2.41. The molecule has 1 aromatic rings. The van der Waals surface area contributed by atoms with E-state index in [9.17, 15) is 4.21 Å². The number of rotatable bonds is 3. The highest BCUT2D eigenvalue weighted by Gasteiger charge is 2.14. The van der Waals surface area contributed by atoms with Crippen LogP contribution in [0.4, 0.5) is 5.69 Å². The van der Waals surface area contributed by atoms with Gasteiger partial charge in [0.1, 0.15) is 5.75 Å². The molecule has 18 heavy (non-hydrogen) atoms. The number of hydrogen-bond donors (Lipinski definition) is 2. The maximum atomic E-state index is 10.7. The number of ether oxygens (including phenoxy) is 1. The summed E-state index contributed by atoms with van der Waals surface area (Å²) in [6.45, 7) is 4.59. The van der Waals surface area contributed by atoms with Crippen LogP contribution in [0.15, 0.2) is 17.1 Å². The second kappa shape index (κ2) is 5.73. The van der Waals surface area contributed by atoms with Crippen molar-refractivity contribution >= 4 is 33.9 Å². The SMILES string of the molecule is Cc1cc(NS(=O)O)cc(C)c1OC1=NCCS1. The van der Waals surface area contributed by atoms with E-state index in [1.54, 1.807) is 23.9 Å². The lowest BCUT2D eigenvalue weighted by molar-refractivity contribution is 0.555. The van der Waals surface area contributed by atoms with Gasteiger partial charge in [-0.1, -0.05) is 11.8 Å². The summed E-state index contributed by atoms with van der Waals surface area (Å²) >= 11 is -0.469. The highest BCUT2D eigenvalue weighted by Crippen LogP contribution is 2.29. The molecule has 1 aliphatic heterocycles. The van der Waals surface area contributed by atoms with Crippen LogP contribution in [-0.4, -0.2) is 26.3 Å². The van der Waals surface area contributed by atoms with E-state index in [2.05, 4.69) is 9.71 Å². The molecule has 0 spiro atoms. The molecule has 0 aliphatic carbocycles. The van der Waals surface area contributed by atoms with Gasteiger partial charge in [0, 0.05) is 11.4 Å². The number of nitrogens with one attached hydrogen (secondary N) is 1. The van der Waals surface area contributed by atoms with Crippen LogP contribution in [0.1, 0.15) is 11.1 Å². The minimum absolute atomic E-state index is 0.596. The number of aliphatic imine (C=N–C) groups is 1. The third kappa shape index (κ3) is 3.24. The van der Waals surface area contributed by atoms with Gasteiger partial charge in [-0.25, -0.2) is 9.20 Å². The second-order valence-electron chi connectivity index (χ2n) is 3.89. The van der Waals surface area contributed by atoms with Gasteiger partial charge in [0.05, 0.1) is 6.54 Å². The molecule has 98 valence electrons. The molecular formula is C11H14N2O3S2. The highest BCUT2D eigenvalue weighted by molar-refractivity contribution is 8.13. The first kappa shape index (κ1) is 13.4. The molecule has 1 unspecified atom stereocenters. The normalized spacial score (nSPS) is 16.3. The molecule has 1 atom stereocenters. The standard InChI is InChI=1S/C11H14N2O3S2/c1-7-5-9(13-18(14)15)6-8(2)10(7)16-11-12-3-4-17-11/h5-6,13H,3-4H2,1-2H3,(H,14,15). The van der Waals surface area contributed by atoms with Gasteiger partial charge in [-0.15, -0.1) is 0 Å². The molecule has 1 aliphatic rings. The van der Waals surface area contributed by atoms with E-state index in [-0.39, 0.29) is 0 Å². The van der Waals surface area contributed by atoms with E-state index < -0.39 is 11.3 Å². The maximum Gasteiger partial charge on any atom is 0.259 e. The molecule has 0 bridgehead atoms. The van der Waals surface area contributed by atoms with Crippen LogP contribution in [-0.2, 0) is 11.3 Å². The molecule has 0 aromatic heterocycles. The lowest BCUT2D eigenvalue weighted by Gasteiger charge is -2.13. The summed E-state index contributed by atoms with van der Waals surface area (Å²) in [5.74, 6) is 1.72. The molecule has 0 radical (unpaired) electrons. The first-order chi connectivity index (χ1) is 8.56. The zero-order chi connectivity index (χ0) is 13.1. The molecule has 0 saturated heterocycles. The molecular weight excluding hydrogens is 272 g/mol. The van der Waals surface area contributed by atoms with Crippen molar-refractivity contribution in [1.82, 2.24) is 0 Å². The summed E-state index contributed by atoms with van der Waals surface area (Å²) in [7, 11) is 0. The zero-order valence-corrected chi connectivity index (χ0v) is 11.7. The third-order valence-corrected chi connectivity index (χ3v) is 3.67. The van der Waals surface area contributed by atoms with Crippen molar-refractivity contribution in [2.45, 2.75) is 13.8 Å². The van der Waals surface area contributed by atoms with Crippen molar-refractivity contribution in [3.8, 4) is 5.75 Å². The maximum absolute atomic E-state index is 10.7. The average Bonchev–Trinajstić information content (AvgIpc) is 2.75. The molecule has 0 amide bonds. The largest absolute Gasteiger partial charge is 0.433 e. The van der Waals surface area contributed by atoms with E-state index >= 15 is 0 Å². The van der Waals surface area contributed by atoms with E-state index in [0.717, 1.165) is 29.2 Å². The molecule has 1 heterocycles. The van der Waals surface area contributed by atoms with Crippen LogP contribution in [0, 0.1) is 13.8 Å². The monoisotopic (exact) mass is 286 g/mol. The summed E-state index contributed by atoms with van der Waals surface area (Å²) in [5.41, 5.74) is 2.40. The number of anilines is 1. The summed E-state index contributed by atoms with van der Waals surface area (Å²) in [6, 6.07) is 3.55. The summed E-state index contributed by atoms with van der Waals surface area (Å²) in [6.07, 6.45) is 0. The predicted octanol–water partition coefficient (Wildman–Crippen LogP) is 2.33. The quantitative estimate of drug-likeness (QED) is 0.837. The molecule has 2 rings (SSSR count). The Morgan fingerprint density at radius 1 is 1.44 bits per heavy atom. The van der Waals surface area contributed by atoms with Crippen molar-refractivity contribution < 1.29 is 13.5 Å². The van der Waals surface area contributed by atoms with Gasteiger partial charge in [0.25, 0.3) is 16.5 Å². The predicted molar refractivity (Wildman–Crippen MR) is 75.7 cm³/mol. The molecule has 5 nitrogen and oxygen atoms in total. The number of aryl methyl sites for hydroxylation is 2. The Kier molecular flexibility index (Phi) is 4.26. The Labute approximate surface area is 112 Å². The van der Waals surface area contributed by atoms with E-state index in [0.29, 0.717) is 10.9 Å². The molecule has 0 saturated carbocycles. The van der Waals surface area contributed by atoms with Gasteiger partial charge < -0.3 is 4.74 Å². The van der Waals surface area contributed by atoms with Gasteiger partial charge in [-0.2, -0.15) is 0 Å².